The van der Waals surface area contributed by atoms with Crippen molar-refractivity contribution in [2.24, 2.45) is 0 Å². The number of benzene rings is 2. The second kappa shape index (κ2) is 15.5. The van der Waals surface area contributed by atoms with Crippen molar-refractivity contribution in [2.75, 3.05) is 31.8 Å². The Balaban J connectivity index is 0.00000118. The van der Waals surface area contributed by atoms with Gasteiger partial charge >= 0.3 is 5.97 Å². The van der Waals surface area contributed by atoms with Gasteiger partial charge in [-0.05, 0) is 99.5 Å². The maximum Gasteiger partial charge on any atom is 0.325 e. The third-order valence-corrected chi connectivity index (χ3v) is 6.38. The second-order valence-corrected chi connectivity index (χ2v) is 10.2. The first-order valence-electron chi connectivity index (χ1n) is 9.83. The van der Waals surface area contributed by atoms with Gasteiger partial charge in [-0.3, -0.25) is 9.59 Å². The van der Waals surface area contributed by atoms with Crippen LogP contribution in [-0.4, -0.2) is 48.8 Å². The van der Waals surface area contributed by atoms with E-state index in [0.717, 1.165) is 23.7 Å². The molecule has 0 aliphatic carbocycles. The molecule has 1 amide bonds. The molecule has 0 radical (unpaired) electrons. The van der Waals surface area contributed by atoms with Crippen LogP contribution in [0.3, 0.4) is 0 Å². The first-order valence-corrected chi connectivity index (χ1v) is 14.5. The van der Waals surface area contributed by atoms with Crippen molar-refractivity contribution in [3.63, 3.8) is 0 Å². The fourth-order valence-corrected chi connectivity index (χ4v) is 4.41. The highest BCUT2D eigenvalue weighted by atomic mass is 79.9. The van der Waals surface area contributed by atoms with Crippen molar-refractivity contribution in [1.82, 2.24) is 5.32 Å². The monoisotopic (exact) mass is 607 g/mol. The molecular weight excluding hydrogens is 581 g/mol. The number of ether oxygens (including phenoxy) is 2. The molecule has 0 saturated carbocycles. The van der Waals surface area contributed by atoms with E-state index in [4.69, 9.17) is 9.47 Å². The Hall–Kier alpha value is -1.28. The fourth-order valence-electron chi connectivity index (χ4n) is 2.35. The van der Waals surface area contributed by atoms with Crippen LogP contribution >= 0.6 is 52.2 Å². The van der Waals surface area contributed by atoms with Crippen LogP contribution in [0, 0.1) is 0 Å². The minimum absolute atomic E-state index is 0.00199. The Morgan fingerprint density at radius 3 is 2.31 bits per heavy atom. The number of hydrogen-bond acceptors (Lipinski definition) is 6. The van der Waals surface area contributed by atoms with E-state index in [0.29, 0.717) is 11.5 Å². The van der Waals surface area contributed by atoms with Gasteiger partial charge in [0.2, 0.25) is 0 Å². The molecule has 0 saturated heterocycles. The van der Waals surface area contributed by atoms with Crippen LogP contribution in [0.5, 0.6) is 17.2 Å². The Kier molecular flexibility index (Phi) is 14.0. The fraction of sp³-hybridized carbons (Fsp3) is 0.364. The molecule has 0 aromatic heterocycles. The Morgan fingerprint density at radius 1 is 1.16 bits per heavy atom. The van der Waals surface area contributed by atoms with E-state index in [1.807, 2.05) is 23.9 Å². The number of carbonyl (C=O) groups is 2. The molecule has 0 bridgehead atoms. The van der Waals surface area contributed by atoms with E-state index in [-0.39, 0.29) is 24.5 Å². The van der Waals surface area contributed by atoms with Gasteiger partial charge in [-0.25, -0.2) is 0 Å². The molecule has 2 N–H and O–H groups in total. The quantitative estimate of drug-likeness (QED) is 0.261. The molecule has 1 atom stereocenters. The average molecular weight is 609 g/mol. The van der Waals surface area contributed by atoms with Gasteiger partial charge in [0.1, 0.15) is 18.0 Å². The number of halogens is 2. The standard InChI is InChI=1S/C19H20Br2NO5P.C3H8S/c1-3-26-17(24)9-22-19(25)13-8-12(4-5-16(13)23)27-18-14(20)6-11(10-28-2)7-15(18)21;1-3-4-2/h4-8,23,28H,3,9-10H2,1-2H3,(H,22,25);3H2,1-2H3. The summed E-state index contributed by atoms with van der Waals surface area (Å²) < 4.78 is 12.2. The van der Waals surface area contributed by atoms with Gasteiger partial charge in [0.05, 0.1) is 21.1 Å². The van der Waals surface area contributed by atoms with Gasteiger partial charge in [-0.1, -0.05) is 6.92 Å². The van der Waals surface area contributed by atoms with E-state index < -0.39 is 11.9 Å². The summed E-state index contributed by atoms with van der Waals surface area (Å²) in [5.41, 5.74) is 1.18. The van der Waals surface area contributed by atoms with E-state index in [1.165, 1.54) is 23.4 Å². The van der Waals surface area contributed by atoms with Gasteiger partial charge in [0.25, 0.3) is 5.91 Å². The zero-order valence-corrected chi connectivity index (χ0v) is 23.4. The summed E-state index contributed by atoms with van der Waals surface area (Å²) in [7, 11) is 0.802. The lowest BCUT2D eigenvalue weighted by atomic mass is 10.1. The number of rotatable bonds is 9. The number of thioether (sulfide) groups is 1. The van der Waals surface area contributed by atoms with Crippen molar-refractivity contribution in [3.05, 3.63) is 50.4 Å². The van der Waals surface area contributed by atoms with Crippen molar-refractivity contribution >= 4 is 64.1 Å². The molecule has 1 unspecified atom stereocenters. The van der Waals surface area contributed by atoms with Crippen LogP contribution in [0.4, 0.5) is 0 Å². The highest BCUT2D eigenvalue weighted by Gasteiger charge is 2.16. The molecule has 176 valence electrons. The Labute approximate surface area is 212 Å². The van der Waals surface area contributed by atoms with Gasteiger partial charge < -0.3 is 19.9 Å². The van der Waals surface area contributed by atoms with Crippen molar-refractivity contribution in [1.29, 1.82) is 0 Å². The molecule has 6 nitrogen and oxygen atoms in total. The molecule has 10 heteroatoms. The van der Waals surface area contributed by atoms with E-state index in [2.05, 4.69) is 57.0 Å². The summed E-state index contributed by atoms with van der Waals surface area (Å²) in [5.74, 6) is 0.792. The van der Waals surface area contributed by atoms with Gasteiger partial charge in [-0.15, -0.1) is 8.58 Å². The van der Waals surface area contributed by atoms with Crippen LogP contribution < -0.4 is 10.1 Å². The summed E-state index contributed by atoms with van der Waals surface area (Å²) in [6.07, 6.45) is 3.07. The Morgan fingerprint density at radius 2 is 1.78 bits per heavy atom. The zero-order chi connectivity index (χ0) is 24.1. The lowest BCUT2D eigenvalue weighted by molar-refractivity contribution is -0.141. The van der Waals surface area contributed by atoms with E-state index >= 15 is 0 Å². The minimum atomic E-state index is -0.603. The number of hydrogen-bond donors (Lipinski definition) is 2. The molecule has 32 heavy (non-hydrogen) atoms. The Bertz CT molecular complexity index is 889. The number of aromatic hydroxyl groups is 1. The van der Waals surface area contributed by atoms with Crippen molar-refractivity contribution in [3.8, 4) is 17.2 Å². The molecule has 2 rings (SSSR count). The molecule has 2 aromatic carbocycles. The van der Waals surface area contributed by atoms with E-state index in [1.54, 1.807) is 13.0 Å². The van der Waals surface area contributed by atoms with Gasteiger partial charge in [0, 0.05) is 0 Å². The maximum absolute atomic E-state index is 12.3. The zero-order valence-electron chi connectivity index (χ0n) is 18.5. The number of esters is 1. The van der Waals surface area contributed by atoms with Crippen LogP contribution in [0.25, 0.3) is 0 Å². The molecule has 0 spiro atoms. The SMILES string of the molecule is CCOC(=O)CNC(=O)c1cc(Oc2c(Br)cc(CPC)cc2Br)ccc1O.CCSC. The predicted molar refractivity (Wildman–Crippen MR) is 141 cm³/mol. The average Bonchev–Trinajstić information content (AvgIpc) is 2.76. The second-order valence-electron chi connectivity index (χ2n) is 6.26. The van der Waals surface area contributed by atoms with Crippen molar-refractivity contribution < 1.29 is 24.2 Å². The normalized spacial score (nSPS) is 10.4. The number of phenolic OH excluding ortho intramolecular Hbond substituents is 1. The van der Waals surface area contributed by atoms with Gasteiger partial charge in [-0.2, -0.15) is 11.8 Å². The first-order chi connectivity index (χ1) is 15.3. The summed E-state index contributed by atoms with van der Waals surface area (Å²) in [6.45, 7) is 5.90. The van der Waals surface area contributed by atoms with Crippen LogP contribution in [0.1, 0.15) is 29.8 Å². The molecule has 0 aliphatic rings. The minimum Gasteiger partial charge on any atom is -0.507 e. The number of phenols is 1. The lowest BCUT2D eigenvalue weighted by Crippen LogP contribution is -2.30. The smallest absolute Gasteiger partial charge is 0.325 e. The maximum atomic E-state index is 12.3. The third kappa shape index (κ3) is 9.69. The largest absolute Gasteiger partial charge is 0.507 e. The molecule has 2 aromatic rings. The highest BCUT2D eigenvalue weighted by molar-refractivity contribution is 9.11. The molecule has 0 fully saturated rings. The number of amides is 1. The van der Waals surface area contributed by atoms with Gasteiger partial charge in [0.15, 0.2) is 5.75 Å². The molecule has 0 heterocycles. The summed E-state index contributed by atoms with van der Waals surface area (Å²) >= 11 is 8.88. The predicted octanol–water partition coefficient (Wildman–Crippen LogP) is 6.18. The third-order valence-electron chi connectivity index (χ3n) is 3.86. The number of carbonyl (C=O) groups excluding carboxylic acids is 2. The summed E-state index contributed by atoms with van der Waals surface area (Å²) in [6, 6.07) is 8.31. The van der Waals surface area contributed by atoms with Crippen LogP contribution in [-0.2, 0) is 15.7 Å². The molecule has 0 aliphatic heterocycles. The van der Waals surface area contributed by atoms with Crippen LogP contribution in [0.15, 0.2) is 39.3 Å². The highest BCUT2D eigenvalue weighted by Crippen LogP contribution is 2.39. The summed E-state index contributed by atoms with van der Waals surface area (Å²) in [4.78, 5) is 23.7. The first kappa shape index (κ1) is 28.8. The van der Waals surface area contributed by atoms with Crippen molar-refractivity contribution in [2.45, 2.75) is 20.0 Å². The summed E-state index contributed by atoms with van der Waals surface area (Å²) in [5, 5.41) is 12.4. The lowest BCUT2D eigenvalue weighted by Gasteiger charge is -2.13. The van der Waals surface area contributed by atoms with E-state index in [9.17, 15) is 14.7 Å². The molecular formula is C22H28Br2NO5PS. The topological polar surface area (TPSA) is 84.9 Å². The number of nitrogens with one attached hydrogen (secondary N) is 1. The van der Waals surface area contributed by atoms with Crippen LogP contribution in [0.2, 0.25) is 0 Å².